The van der Waals surface area contributed by atoms with E-state index in [-0.39, 0.29) is 17.7 Å². The Bertz CT molecular complexity index is 1050. The highest BCUT2D eigenvalue weighted by molar-refractivity contribution is 6.45. The van der Waals surface area contributed by atoms with Crippen molar-refractivity contribution < 1.29 is 19.1 Å². The Kier molecular flexibility index (Phi) is 6.25. The van der Waals surface area contributed by atoms with Crippen LogP contribution in [0.3, 0.4) is 0 Å². The number of ether oxygens (including phenoxy) is 1. The zero-order valence-corrected chi connectivity index (χ0v) is 18.4. The number of nitrogens with zero attached hydrogens (tertiary/aromatic N) is 2. The van der Waals surface area contributed by atoms with Crippen LogP contribution in [0, 0.1) is 0 Å². The topological polar surface area (TPSA) is 79.0 Å². The van der Waals surface area contributed by atoms with Gasteiger partial charge in [-0.2, -0.15) is 0 Å². The number of amides is 3. The molecule has 2 aliphatic rings. The first-order valence-corrected chi connectivity index (χ1v) is 11.0. The Labute approximate surface area is 187 Å². The molecule has 4 rings (SSSR count). The Morgan fingerprint density at radius 1 is 0.938 bits per heavy atom. The molecule has 0 saturated carbocycles. The standard InChI is InChI=1S/C25H27N3O4/c1-3-32-21-13-7-18(8-14-21)22-23(27-15-5-4-6-16-27)25(31)28(24(22)30)20-11-9-19(10-12-20)26-17(2)29/h7-14H,3-6,15-16H2,1-2H3,(H,26,29). The van der Waals surface area contributed by atoms with Crippen LogP contribution < -0.4 is 15.0 Å². The predicted molar refractivity (Wildman–Crippen MR) is 123 cm³/mol. The smallest absolute Gasteiger partial charge is 0.282 e. The first-order chi connectivity index (χ1) is 15.5. The molecule has 0 aromatic heterocycles. The zero-order chi connectivity index (χ0) is 22.7. The normalized spacial score (nSPS) is 16.6. The van der Waals surface area contributed by atoms with Crippen LogP contribution in [0.5, 0.6) is 5.75 Å². The molecule has 1 saturated heterocycles. The maximum absolute atomic E-state index is 13.6. The van der Waals surface area contributed by atoms with Gasteiger partial charge in [0, 0.05) is 25.7 Å². The van der Waals surface area contributed by atoms with Gasteiger partial charge in [0.2, 0.25) is 5.91 Å². The second-order valence-electron chi connectivity index (χ2n) is 7.90. The number of hydrogen-bond acceptors (Lipinski definition) is 5. The quantitative estimate of drug-likeness (QED) is 0.701. The van der Waals surface area contributed by atoms with E-state index < -0.39 is 0 Å². The highest BCUT2D eigenvalue weighted by Crippen LogP contribution is 2.36. The van der Waals surface area contributed by atoms with Crippen LogP contribution in [0.1, 0.15) is 38.7 Å². The number of carbonyl (C=O) groups is 3. The van der Waals surface area contributed by atoms with Crippen molar-refractivity contribution in [1.29, 1.82) is 0 Å². The summed E-state index contributed by atoms with van der Waals surface area (Å²) < 4.78 is 5.52. The number of likely N-dealkylation sites (tertiary alicyclic amines) is 1. The molecule has 7 nitrogen and oxygen atoms in total. The van der Waals surface area contributed by atoms with Gasteiger partial charge < -0.3 is 15.0 Å². The molecule has 3 amide bonds. The van der Waals surface area contributed by atoms with Gasteiger partial charge in [-0.25, -0.2) is 4.90 Å². The molecule has 0 radical (unpaired) electrons. The van der Waals surface area contributed by atoms with E-state index in [1.165, 1.54) is 11.8 Å². The van der Waals surface area contributed by atoms with Gasteiger partial charge in [0.25, 0.3) is 11.8 Å². The van der Waals surface area contributed by atoms with E-state index in [1.54, 1.807) is 24.3 Å². The fourth-order valence-electron chi connectivity index (χ4n) is 4.21. The lowest BCUT2D eigenvalue weighted by atomic mass is 10.0. The summed E-state index contributed by atoms with van der Waals surface area (Å²) in [5.74, 6) is -0.114. The number of benzene rings is 2. The third-order valence-corrected chi connectivity index (χ3v) is 5.63. The molecule has 2 aromatic rings. The van der Waals surface area contributed by atoms with Gasteiger partial charge in [-0.15, -0.1) is 0 Å². The van der Waals surface area contributed by atoms with E-state index in [9.17, 15) is 14.4 Å². The van der Waals surface area contributed by atoms with Crippen LogP contribution in [0.15, 0.2) is 54.2 Å². The van der Waals surface area contributed by atoms with E-state index in [0.717, 1.165) is 38.1 Å². The van der Waals surface area contributed by atoms with E-state index >= 15 is 0 Å². The summed E-state index contributed by atoms with van der Waals surface area (Å²) in [4.78, 5) is 41.7. The minimum absolute atomic E-state index is 0.182. The van der Waals surface area contributed by atoms with Gasteiger partial charge in [0.1, 0.15) is 11.4 Å². The maximum Gasteiger partial charge on any atom is 0.282 e. The molecule has 2 heterocycles. The van der Waals surface area contributed by atoms with Crippen LogP contribution in [0.4, 0.5) is 11.4 Å². The molecule has 32 heavy (non-hydrogen) atoms. The average Bonchev–Trinajstić information content (AvgIpc) is 3.05. The number of rotatable bonds is 6. The van der Waals surface area contributed by atoms with Crippen molar-refractivity contribution in [3.05, 3.63) is 59.8 Å². The third kappa shape index (κ3) is 4.23. The second kappa shape index (κ2) is 9.26. The minimum Gasteiger partial charge on any atom is -0.494 e. The summed E-state index contributed by atoms with van der Waals surface area (Å²) in [6.45, 7) is 5.41. The summed E-state index contributed by atoms with van der Waals surface area (Å²) in [6, 6.07) is 14.0. The first-order valence-electron chi connectivity index (χ1n) is 11.0. The fraction of sp³-hybridized carbons (Fsp3) is 0.320. The average molecular weight is 434 g/mol. The molecule has 0 unspecified atom stereocenters. The summed E-state index contributed by atoms with van der Waals surface area (Å²) in [7, 11) is 0. The summed E-state index contributed by atoms with van der Waals surface area (Å²) in [6.07, 6.45) is 3.11. The van der Waals surface area contributed by atoms with E-state index in [0.29, 0.717) is 34.8 Å². The van der Waals surface area contributed by atoms with Crippen molar-refractivity contribution in [1.82, 2.24) is 4.90 Å². The predicted octanol–water partition coefficient (Wildman–Crippen LogP) is 3.81. The molecule has 0 bridgehead atoms. The van der Waals surface area contributed by atoms with Crippen LogP contribution in [0.2, 0.25) is 0 Å². The fourth-order valence-corrected chi connectivity index (χ4v) is 4.21. The highest BCUT2D eigenvalue weighted by atomic mass is 16.5. The number of carbonyl (C=O) groups excluding carboxylic acids is 3. The van der Waals surface area contributed by atoms with Gasteiger partial charge >= 0.3 is 0 Å². The first kappa shape index (κ1) is 21.6. The third-order valence-electron chi connectivity index (χ3n) is 5.63. The Hall–Kier alpha value is -3.61. The molecule has 0 aliphatic carbocycles. The lowest BCUT2D eigenvalue weighted by Crippen LogP contribution is -2.37. The van der Waals surface area contributed by atoms with E-state index in [4.69, 9.17) is 4.74 Å². The lowest BCUT2D eigenvalue weighted by Gasteiger charge is -2.29. The van der Waals surface area contributed by atoms with Crippen LogP contribution in [-0.2, 0) is 14.4 Å². The SMILES string of the molecule is CCOc1ccc(C2=C(N3CCCCC3)C(=O)N(c3ccc(NC(C)=O)cc3)C2=O)cc1. The Balaban J connectivity index is 1.72. The zero-order valence-electron chi connectivity index (χ0n) is 18.4. The van der Waals surface area contributed by atoms with Gasteiger partial charge in [0.15, 0.2) is 0 Å². The molecule has 7 heteroatoms. The van der Waals surface area contributed by atoms with E-state index in [2.05, 4.69) is 5.32 Å². The minimum atomic E-state index is -0.341. The van der Waals surface area contributed by atoms with Gasteiger partial charge in [-0.1, -0.05) is 12.1 Å². The number of imide groups is 1. The van der Waals surface area contributed by atoms with Gasteiger partial charge in [-0.05, 0) is 68.1 Å². The highest BCUT2D eigenvalue weighted by Gasteiger charge is 2.42. The molecule has 2 aromatic carbocycles. The molecule has 0 atom stereocenters. The van der Waals surface area contributed by atoms with Crippen molar-refractivity contribution >= 4 is 34.7 Å². The molecule has 0 spiro atoms. The van der Waals surface area contributed by atoms with Crippen molar-refractivity contribution in [3.8, 4) is 5.75 Å². The van der Waals surface area contributed by atoms with Crippen molar-refractivity contribution in [3.63, 3.8) is 0 Å². The number of hydrogen-bond donors (Lipinski definition) is 1. The molecule has 1 fully saturated rings. The Morgan fingerprint density at radius 2 is 1.59 bits per heavy atom. The van der Waals surface area contributed by atoms with Crippen molar-refractivity contribution in [2.45, 2.75) is 33.1 Å². The van der Waals surface area contributed by atoms with Crippen molar-refractivity contribution in [2.75, 3.05) is 29.9 Å². The second-order valence-corrected chi connectivity index (χ2v) is 7.90. The molecule has 1 N–H and O–H groups in total. The summed E-state index contributed by atoms with van der Waals surface area (Å²) in [5.41, 5.74) is 2.67. The molecular weight excluding hydrogens is 406 g/mol. The van der Waals surface area contributed by atoms with Gasteiger partial charge in [-0.3, -0.25) is 14.4 Å². The van der Waals surface area contributed by atoms with Gasteiger partial charge in [0.05, 0.1) is 17.9 Å². The summed E-state index contributed by atoms with van der Waals surface area (Å²) in [5, 5.41) is 2.70. The summed E-state index contributed by atoms with van der Waals surface area (Å²) >= 11 is 0. The van der Waals surface area contributed by atoms with E-state index in [1.807, 2.05) is 36.1 Å². The lowest BCUT2D eigenvalue weighted by molar-refractivity contribution is -0.121. The monoisotopic (exact) mass is 433 g/mol. The number of piperidine rings is 1. The van der Waals surface area contributed by atoms with Crippen LogP contribution >= 0.6 is 0 Å². The molecule has 166 valence electrons. The Morgan fingerprint density at radius 3 is 2.19 bits per heavy atom. The maximum atomic E-state index is 13.6. The molecular formula is C25H27N3O4. The van der Waals surface area contributed by atoms with Crippen molar-refractivity contribution in [2.24, 2.45) is 0 Å². The molecule has 2 aliphatic heterocycles. The van der Waals surface area contributed by atoms with Crippen LogP contribution in [0.25, 0.3) is 5.57 Å². The largest absolute Gasteiger partial charge is 0.494 e. The number of nitrogens with one attached hydrogen (secondary N) is 1. The van der Waals surface area contributed by atoms with Crippen LogP contribution in [-0.4, -0.2) is 42.3 Å². The number of anilines is 2.